The number of amides is 4. The number of nitrogens with one attached hydrogen (secondary N) is 4. The highest BCUT2D eigenvalue weighted by atomic mass is 35.5. The number of carbonyl (C=O) groups excluding carboxylic acids is 13. The molecule has 0 heterocycles. The Balaban J connectivity index is 0.000000521. The molecule has 0 spiro atoms. The van der Waals surface area contributed by atoms with Crippen LogP contribution in [0.3, 0.4) is 0 Å². The van der Waals surface area contributed by atoms with Crippen molar-refractivity contribution in [3.8, 4) is 69.0 Å². The third-order valence-electron chi connectivity index (χ3n) is 16.4. The summed E-state index contributed by atoms with van der Waals surface area (Å²) in [5.74, 6) is -5.94. The largest absolute Gasteiger partial charge is 0.508 e. The van der Waals surface area contributed by atoms with Crippen LogP contribution in [0.5, 0.6) is 69.0 Å². The fourth-order valence-corrected chi connectivity index (χ4v) is 10.6. The van der Waals surface area contributed by atoms with E-state index in [1.807, 2.05) is 0 Å². The van der Waals surface area contributed by atoms with Crippen molar-refractivity contribution in [2.45, 2.75) is 89.9 Å². The highest BCUT2D eigenvalue weighted by Crippen LogP contribution is 2.35. The number of allylic oxidation sites excluding steroid dienone is 9. The van der Waals surface area contributed by atoms with E-state index in [1.165, 1.54) is 178 Å². The van der Waals surface area contributed by atoms with Gasteiger partial charge in [-0.15, -0.1) is 23.2 Å². The normalized spacial score (nSPS) is 11.9. The van der Waals surface area contributed by atoms with Gasteiger partial charge in [0.25, 0.3) is 17.7 Å². The molecule has 6 rings (SSSR count). The van der Waals surface area contributed by atoms with Crippen molar-refractivity contribution in [3.63, 3.8) is 0 Å². The van der Waals surface area contributed by atoms with E-state index < -0.39 is 107 Å². The predicted octanol–water partition coefficient (Wildman–Crippen LogP) is 16.7. The minimum absolute atomic E-state index is 0. The number of alkyl halides is 10. The highest BCUT2D eigenvalue weighted by Gasteiger charge is 2.22. The molecule has 0 aliphatic rings. The number of rotatable bonds is 47. The number of ketones is 3. The first-order valence-electron chi connectivity index (χ1n) is 39.0. The Morgan fingerprint density at radius 3 is 0.739 bits per heavy atom. The second-order valence-electron chi connectivity index (χ2n) is 26.4. The summed E-state index contributed by atoms with van der Waals surface area (Å²) >= 11 is 55.0. The van der Waals surface area contributed by atoms with Gasteiger partial charge >= 0.3 is 35.8 Å². The highest BCUT2D eigenvalue weighted by molar-refractivity contribution is 6.54. The Morgan fingerprint density at radius 1 is 0.284 bits per heavy atom. The van der Waals surface area contributed by atoms with Gasteiger partial charge in [0.05, 0.1) is 55.5 Å². The van der Waals surface area contributed by atoms with E-state index in [0.29, 0.717) is 46.2 Å². The first-order chi connectivity index (χ1) is 63.2. The van der Waals surface area contributed by atoms with Gasteiger partial charge in [-0.05, 0) is 169 Å². The van der Waals surface area contributed by atoms with Crippen LogP contribution in [0.15, 0.2) is 181 Å². The SMILES string of the molecule is C.COc1cc(/C=C/C(=O)/C=C(O)/C=C/c2ccc(OC(=O)CCCNC(=O)C(Cl)Cl)c(OC)c2)ccc1OC(=O)CCCNC(=O)C(Cl)Cl.COc1cc(/C=C/C(O)=CC(=O)/C=C/c2ccc(OC(=O)C(Cl)Cl)c(OC)c2)ccc1OC(=O)C(C)Cl.COc1cc(/C=C/C(O)=CC(=O)/C=C/c2ccc(OC(=O)CCNC(=O)C(Cl)Cl)c(OC)c2)ccc1OC(=O)CCNC(=O)C(C)Cl. The van der Waals surface area contributed by atoms with Crippen molar-refractivity contribution in [2.75, 3.05) is 68.8 Å². The predicted molar refractivity (Wildman–Crippen MR) is 512 cm³/mol. The Hall–Kier alpha value is -12.2. The molecule has 4 amide bonds. The van der Waals surface area contributed by atoms with Gasteiger partial charge in [0, 0.05) is 57.2 Å². The van der Waals surface area contributed by atoms with Gasteiger partial charge in [0.15, 0.2) is 101 Å². The average Bonchev–Trinajstić information content (AvgIpc) is 0.878. The molecular formula is C92H94Cl10N4O28. The van der Waals surface area contributed by atoms with E-state index in [1.54, 1.807) is 60.7 Å². The Labute approximate surface area is 821 Å². The van der Waals surface area contributed by atoms with Gasteiger partial charge in [-0.2, -0.15) is 0 Å². The molecule has 6 aromatic carbocycles. The summed E-state index contributed by atoms with van der Waals surface area (Å²) in [6.07, 6.45) is 20.1. The van der Waals surface area contributed by atoms with Gasteiger partial charge in [-0.25, -0.2) is 4.79 Å². The molecule has 134 heavy (non-hydrogen) atoms. The van der Waals surface area contributed by atoms with Crippen LogP contribution in [0.1, 0.15) is 93.2 Å². The molecule has 0 saturated carbocycles. The number of hydrogen-bond donors (Lipinski definition) is 7. The molecular weight excluding hydrogens is 1960 g/mol. The molecule has 720 valence electrons. The number of benzene rings is 6. The van der Waals surface area contributed by atoms with Gasteiger partial charge < -0.3 is 93.4 Å². The van der Waals surface area contributed by atoms with Gasteiger partial charge in [-0.1, -0.05) is 173 Å². The van der Waals surface area contributed by atoms with E-state index in [9.17, 15) is 77.6 Å². The van der Waals surface area contributed by atoms with Crippen LogP contribution in [-0.4, -0.2) is 191 Å². The summed E-state index contributed by atoms with van der Waals surface area (Å²) < 4.78 is 63.0. The summed E-state index contributed by atoms with van der Waals surface area (Å²) in [4.78, 5) is 149. The maximum absolute atomic E-state index is 12.4. The van der Waals surface area contributed by atoms with E-state index in [4.69, 9.17) is 173 Å². The number of ether oxygens (including phenoxy) is 12. The monoisotopic (exact) mass is 2050 g/mol. The zero-order valence-corrected chi connectivity index (χ0v) is 79.5. The van der Waals surface area contributed by atoms with Crippen LogP contribution >= 0.6 is 116 Å². The minimum Gasteiger partial charge on any atom is -0.508 e. The third-order valence-corrected chi connectivity index (χ3v) is 18.3. The van der Waals surface area contributed by atoms with Crippen molar-refractivity contribution in [3.05, 3.63) is 215 Å². The number of aliphatic hydroxyl groups excluding tert-OH is 3. The lowest BCUT2D eigenvalue weighted by Crippen LogP contribution is -2.32. The lowest BCUT2D eigenvalue weighted by atomic mass is 10.1. The standard InChI is InChI=1S/C33H34Cl4N2O10.C32H33Cl3N2O10.C26H23Cl3O8.CH4/c1-46-26-17-20(9-13-24(26)48-28(42)5-3-15-38-32(44)30(34)35)7-11-22(40)19-23(41)12-8-21-10-14-25(27(18-21)47-2)49-29(43)6-4-16-39-33(45)31(36)37;1-19(33)31(42)36-14-12-28(40)46-24-10-6-20(16-26(24)44-2)4-8-22(38)18-23(39)9-5-21-7-11-25(27(17-21)45-3)47-29(41)13-15-37-32(43)30(34)35;1-15(27)25(32)36-20-10-6-16(12-22(20)34-2)4-8-18(30)14-19(31)9-5-17-7-11-21(23(13-17)35-3)37-26(33)24(28)29;/h7-14,17-19,30-31,40H,3-6,15-16H2,1-2H3,(H,38,44)(H,39,45);4-11,16-19,30,38H,12-15H2,1-3H3,(H,36,42)(H,37,43);4-15,24,30H,1-3H3;1H4/b11-7+,12-8+,22-19-;8-4+,9-5+,22-18?;8-4+,9-5+,18-14?;. The summed E-state index contributed by atoms with van der Waals surface area (Å²) in [6.45, 7) is 3.43. The average molecular weight is 2060 g/mol. The van der Waals surface area contributed by atoms with E-state index in [0.717, 1.165) is 18.2 Å². The number of hydrogen-bond acceptors (Lipinski definition) is 28. The number of aliphatic hydroxyl groups is 3. The molecule has 32 nitrogen and oxygen atoms in total. The van der Waals surface area contributed by atoms with Crippen molar-refractivity contribution in [1.82, 2.24) is 21.3 Å². The first kappa shape index (κ1) is 116. The number of methoxy groups -OCH3 is 6. The van der Waals surface area contributed by atoms with E-state index in [2.05, 4.69) is 21.3 Å². The number of halogens is 10. The summed E-state index contributed by atoms with van der Waals surface area (Å²) in [6, 6.07) is 28.0. The molecule has 42 heteroatoms. The molecule has 2 atom stereocenters. The van der Waals surface area contributed by atoms with Gasteiger partial charge in [0.2, 0.25) is 10.7 Å². The van der Waals surface area contributed by atoms with Crippen LogP contribution in [0, 0.1) is 0 Å². The summed E-state index contributed by atoms with van der Waals surface area (Å²) in [5.41, 5.74) is 3.44. The van der Waals surface area contributed by atoms with Crippen molar-refractivity contribution in [1.29, 1.82) is 0 Å². The fourth-order valence-electron chi connectivity index (χ4n) is 9.91. The van der Waals surface area contributed by atoms with Gasteiger partial charge in [0.1, 0.15) is 28.0 Å². The summed E-state index contributed by atoms with van der Waals surface area (Å²) in [7, 11) is 8.36. The maximum Gasteiger partial charge on any atom is 0.344 e. The van der Waals surface area contributed by atoms with Crippen LogP contribution in [0.4, 0.5) is 0 Å². The third kappa shape index (κ3) is 45.0. The molecule has 7 N–H and O–H groups in total. The molecule has 0 radical (unpaired) electrons. The van der Waals surface area contributed by atoms with E-state index >= 15 is 0 Å². The molecule has 0 bridgehead atoms. The first-order valence-corrected chi connectivity index (χ1v) is 43.3. The maximum atomic E-state index is 12.4. The second-order valence-corrected chi connectivity index (χ2v) is 32.1. The number of esters is 6. The zero-order chi connectivity index (χ0) is 98.8. The lowest BCUT2D eigenvalue weighted by molar-refractivity contribution is -0.135. The zero-order valence-electron chi connectivity index (χ0n) is 71.9. The van der Waals surface area contributed by atoms with Crippen LogP contribution in [-0.2, 0) is 62.3 Å². The molecule has 0 fully saturated rings. The lowest BCUT2D eigenvalue weighted by Gasteiger charge is -2.10. The molecule has 2 unspecified atom stereocenters. The van der Waals surface area contributed by atoms with Crippen LogP contribution < -0.4 is 78.1 Å². The second kappa shape index (κ2) is 62.3. The fraction of sp³-hybridized carbons (Fsp3) is 0.272. The van der Waals surface area contributed by atoms with Crippen molar-refractivity contribution in [2.24, 2.45) is 0 Å². The van der Waals surface area contributed by atoms with Crippen molar-refractivity contribution < 1.29 is 134 Å². The van der Waals surface area contributed by atoms with Crippen molar-refractivity contribution >= 4 is 229 Å². The summed E-state index contributed by atoms with van der Waals surface area (Å²) in [5, 5.41) is 38.9. The smallest absolute Gasteiger partial charge is 0.344 e. The van der Waals surface area contributed by atoms with Crippen LogP contribution in [0.25, 0.3) is 36.5 Å². The molecule has 0 aliphatic carbocycles. The molecule has 0 aliphatic heterocycles. The number of carbonyl (C=O) groups is 13. The topological polar surface area (TPSA) is 441 Å². The van der Waals surface area contributed by atoms with E-state index in [-0.39, 0.29) is 146 Å². The Kier molecular flexibility index (Phi) is 53.9. The Morgan fingerprint density at radius 2 is 0.507 bits per heavy atom. The minimum atomic E-state index is -1.35. The molecule has 0 aromatic heterocycles. The van der Waals surface area contributed by atoms with Crippen LogP contribution in [0.2, 0.25) is 0 Å². The molecule has 0 saturated heterocycles. The van der Waals surface area contributed by atoms with Gasteiger partial charge in [-0.3, -0.25) is 57.5 Å². The quantitative estimate of drug-likeness (QED) is 0.00355. The molecule has 6 aromatic rings. The Bertz CT molecular complexity index is 5370.